The van der Waals surface area contributed by atoms with Gasteiger partial charge in [-0.15, -0.1) is 4.91 Å². The zero-order chi connectivity index (χ0) is 26.6. The molecule has 2 aromatic rings. The first-order chi connectivity index (χ1) is 17.2. The van der Waals surface area contributed by atoms with Crippen LogP contribution in [0.2, 0.25) is 0 Å². The lowest BCUT2D eigenvalue weighted by Gasteiger charge is -2.37. The molecule has 0 saturated heterocycles. The number of nitrogens with zero attached hydrogens (tertiary/aromatic N) is 1. The minimum atomic E-state index is -1.39. The number of hydrogen-bond donors (Lipinski definition) is 5. The molecule has 12 heteroatoms. The molecule has 11 nitrogen and oxygen atoms in total. The second-order valence-electron chi connectivity index (χ2n) is 8.15. The van der Waals surface area contributed by atoms with E-state index < -0.39 is 47.1 Å². The number of carbonyl (C=O) groups is 4. The standard InChI is InChI=1S/C24H28N4O7S/c25-18(23(33)34)11-12-19(29)27-21(22(32)26-15-20(30)31)24(36-28-35,13-16-7-3-1-4-8-16)14-17-9-5-2-6-10-17/h1-10,18,21H,11-15,25H2,(H,26,32)(H,27,29)(H,30,31)(H,33,34)/t18-,21-/m0/s1. The highest BCUT2D eigenvalue weighted by Gasteiger charge is 2.46. The molecular weight excluding hydrogens is 488 g/mol. The molecule has 2 atom stereocenters. The summed E-state index contributed by atoms with van der Waals surface area (Å²) in [5.74, 6) is -4.07. The number of amides is 2. The molecule has 0 saturated carbocycles. The van der Waals surface area contributed by atoms with E-state index in [1.165, 1.54) is 0 Å². The van der Waals surface area contributed by atoms with Crippen LogP contribution in [0.25, 0.3) is 0 Å². The van der Waals surface area contributed by atoms with Gasteiger partial charge in [-0.2, -0.15) is 0 Å². The van der Waals surface area contributed by atoms with Gasteiger partial charge in [-0.3, -0.25) is 19.2 Å². The van der Waals surface area contributed by atoms with Crippen molar-refractivity contribution in [3.8, 4) is 0 Å². The minimum Gasteiger partial charge on any atom is -0.480 e. The molecule has 2 rings (SSSR count). The lowest BCUT2D eigenvalue weighted by Crippen LogP contribution is -2.61. The van der Waals surface area contributed by atoms with E-state index in [1.54, 1.807) is 60.7 Å². The number of carbonyl (C=O) groups excluding carboxylic acids is 2. The first-order valence-electron chi connectivity index (χ1n) is 11.0. The van der Waals surface area contributed by atoms with Crippen molar-refractivity contribution >= 4 is 35.7 Å². The molecule has 0 aliphatic rings. The smallest absolute Gasteiger partial charge is 0.322 e. The predicted octanol–water partition coefficient (Wildman–Crippen LogP) is 1.50. The molecule has 0 aromatic heterocycles. The number of benzene rings is 2. The van der Waals surface area contributed by atoms with Crippen LogP contribution >= 0.6 is 11.9 Å². The maximum absolute atomic E-state index is 13.3. The van der Waals surface area contributed by atoms with Crippen molar-refractivity contribution < 1.29 is 29.4 Å². The Labute approximate surface area is 211 Å². The fourth-order valence-corrected chi connectivity index (χ4v) is 4.57. The molecule has 0 aliphatic carbocycles. The number of aliphatic carboxylic acids is 2. The molecule has 6 N–H and O–H groups in total. The summed E-state index contributed by atoms with van der Waals surface area (Å²) in [6.45, 7) is -0.707. The van der Waals surface area contributed by atoms with Gasteiger partial charge in [0, 0.05) is 23.0 Å². The van der Waals surface area contributed by atoms with Gasteiger partial charge >= 0.3 is 11.9 Å². The molecule has 0 unspecified atom stereocenters. The van der Waals surface area contributed by atoms with Gasteiger partial charge in [0.15, 0.2) is 0 Å². The zero-order valence-corrected chi connectivity index (χ0v) is 20.1. The third kappa shape index (κ3) is 8.78. The number of nitroso groups, excluding NO2 is 1. The van der Waals surface area contributed by atoms with Crippen LogP contribution in [-0.4, -0.2) is 57.3 Å². The summed E-state index contributed by atoms with van der Waals surface area (Å²) in [7, 11) is 0. The summed E-state index contributed by atoms with van der Waals surface area (Å²) in [6, 6.07) is 15.3. The summed E-state index contributed by atoms with van der Waals surface area (Å²) < 4.78 is 1.68. The van der Waals surface area contributed by atoms with Gasteiger partial charge in [0.25, 0.3) is 0 Å². The van der Waals surface area contributed by atoms with Crippen LogP contribution in [0.5, 0.6) is 0 Å². The van der Waals surface area contributed by atoms with Crippen molar-refractivity contribution in [1.82, 2.24) is 10.6 Å². The van der Waals surface area contributed by atoms with Crippen LogP contribution < -0.4 is 16.4 Å². The molecule has 0 spiro atoms. The summed E-state index contributed by atoms with van der Waals surface area (Å²) in [6.07, 6.45) is -0.241. The average Bonchev–Trinajstić information content (AvgIpc) is 2.85. The summed E-state index contributed by atoms with van der Waals surface area (Å²) in [4.78, 5) is 59.9. The molecule has 36 heavy (non-hydrogen) atoms. The monoisotopic (exact) mass is 516 g/mol. The summed E-state index contributed by atoms with van der Waals surface area (Å²) in [5.41, 5.74) is 6.99. The topological polar surface area (TPSA) is 188 Å². The van der Waals surface area contributed by atoms with Crippen molar-refractivity contribution in [2.24, 2.45) is 10.3 Å². The molecule has 0 bridgehead atoms. The van der Waals surface area contributed by atoms with E-state index >= 15 is 0 Å². The van der Waals surface area contributed by atoms with Gasteiger partial charge in [0.1, 0.15) is 18.6 Å². The van der Waals surface area contributed by atoms with E-state index in [0.717, 1.165) is 11.1 Å². The van der Waals surface area contributed by atoms with E-state index in [1.807, 2.05) is 0 Å². The lowest BCUT2D eigenvalue weighted by atomic mass is 9.84. The second-order valence-corrected chi connectivity index (χ2v) is 9.30. The maximum atomic E-state index is 13.3. The Morgan fingerprint density at radius 2 is 1.47 bits per heavy atom. The van der Waals surface area contributed by atoms with E-state index in [-0.39, 0.29) is 25.7 Å². The SMILES string of the molecule is N[C@@H](CCC(=O)N[C@@H](C(=O)NCC(=O)O)C(Cc1ccccc1)(Cc1ccccc1)SN=O)C(=O)O. The van der Waals surface area contributed by atoms with Gasteiger partial charge in [-0.05, 0) is 30.4 Å². The summed E-state index contributed by atoms with van der Waals surface area (Å²) in [5, 5.41) is 22.9. The Balaban J connectivity index is 2.50. The number of carboxylic acid groups (broad SMARTS) is 2. The third-order valence-electron chi connectivity index (χ3n) is 5.42. The molecule has 192 valence electrons. The fraction of sp³-hybridized carbons (Fsp3) is 0.333. The van der Waals surface area contributed by atoms with Crippen molar-refractivity contribution in [3.05, 3.63) is 76.7 Å². The summed E-state index contributed by atoms with van der Waals surface area (Å²) >= 11 is 0.583. The Morgan fingerprint density at radius 1 is 0.944 bits per heavy atom. The highest BCUT2D eigenvalue weighted by molar-refractivity contribution is 7.99. The number of carboxylic acids is 2. The van der Waals surface area contributed by atoms with Gasteiger partial charge < -0.3 is 26.6 Å². The van der Waals surface area contributed by atoms with E-state index in [4.69, 9.17) is 15.9 Å². The van der Waals surface area contributed by atoms with E-state index in [2.05, 4.69) is 15.2 Å². The Hall–Kier alpha value is -3.77. The zero-order valence-electron chi connectivity index (χ0n) is 19.3. The molecule has 0 fully saturated rings. The Bertz CT molecular complexity index is 1010. The number of nitrogens with one attached hydrogen (secondary N) is 2. The second kappa shape index (κ2) is 14.0. The fourth-order valence-electron chi connectivity index (χ4n) is 3.68. The van der Waals surface area contributed by atoms with E-state index in [0.29, 0.717) is 11.9 Å². The van der Waals surface area contributed by atoms with Gasteiger partial charge in [-0.25, -0.2) is 0 Å². The first kappa shape index (κ1) is 28.5. The Kier molecular flexibility index (Phi) is 11.0. The van der Waals surface area contributed by atoms with Crippen LogP contribution in [0, 0.1) is 4.91 Å². The van der Waals surface area contributed by atoms with Gasteiger partial charge in [-0.1, -0.05) is 60.7 Å². The van der Waals surface area contributed by atoms with Gasteiger partial charge in [0.2, 0.25) is 11.8 Å². The number of nitrogens with two attached hydrogens (primary N) is 1. The van der Waals surface area contributed by atoms with E-state index in [9.17, 15) is 24.1 Å². The minimum absolute atomic E-state index is 0.124. The molecule has 0 heterocycles. The van der Waals surface area contributed by atoms with Crippen molar-refractivity contribution in [3.63, 3.8) is 0 Å². The van der Waals surface area contributed by atoms with Crippen molar-refractivity contribution in [2.45, 2.75) is 42.5 Å². The van der Waals surface area contributed by atoms with Crippen LogP contribution in [-0.2, 0) is 32.0 Å². The highest BCUT2D eigenvalue weighted by Crippen LogP contribution is 2.38. The quantitative estimate of drug-likeness (QED) is 0.173. The Morgan fingerprint density at radius 3 is 1.92 bits per heavy atom. The third-order valence-corrected chi connectivity index (χ3v) is 6.38. The molecular formula is C24H28N4O7S. The number of hydrogen-bond acceptors (Lipinski definition) is 8. The van der Waals surface area contributed by atoms with Gasteiger partial charge in [0.05, 0.1) is 4.75 Å². The van der Waals surface area contributed by atoms with Crippen LogP contribution in [0.1, 0.15) is 24.0 Å². The maximum Gasteiger partial charge on any atom is 0.322 e. The van der Waals surface area contributed by atoms with Crippen molar-refractivity contribution in [2.75, 3.05) is 6.54 Å². The van der Waals surface area contributed by atoms with Crippen LogP contribution in [0.4, 0.5) is 0 Å². The predicted molar refractivity (Wildman–Crippen MR) is 134 cm³/mol. The number of rotatable bonds is 15. The lowest BCUT2D eigenvalue weighted by molar-refractivity contribution is -0.139. The van der Waals surface area contributed by atoms with Crippen LogP contribution in [0.15, 0.2) is 65.2 Å². The largest absolute Gasteiger partial charge is 0.480 e. The molecule has 2 amide bonds. The highest BCUT2D eigenvalue weighted by atomic mass is 32.2. The average molecular weight is 517 g/mol. The molecule has 2 aromatic carbocycles. The van der Waals surface area contributed by atoms with Crippen molar-refractivity contribution in [1.29, 1.82) is 0 Å². The first-order valence-corrected chi connectivity index (χ1v) is 11.8. The molecule has 0 radical (unpaired) electrons. The normalized spacial score (nSPS) is 12.7. The van der Waals surface area contributed by atoms with Crippen LogP contribution in [0.3, 0.4) is 0 Å². The molecule has 0 aliphatic heterocycles.